The van der Waals surface area contributed by atoms with Crippen molar-refractivity contribution in [3.05, 3.63) is 41.4 Å². The minimum Gasteiger partial charge on any atom is -0.475 e. The first-order valence-electron chi connectivity index (χ1n) is 9.11. The fourth-order valence-corrected chi connectivity index (χ4v) is 3.79. The zero-order valence-corrected chi connectivity index (χ0v) is 19.5. The van der Waals surface area contributed by atoms with Crippen molar-refractivity contribution in [2.24, 2.45) is 4.99 Å². The maximum atomic E-state index is 5.71. The molecule has 1 fully saturated rings. The Balaban J connectivity index is 0.00000280. The van der Waals surface area contributed by atoms with Crippen LogP contribution in [0.2, 0.25) is 0 Å². The van der Waals surface area contributed by atoms with Crippen LogP contribution in [0.15, 0.2) is 40.8 Å². The van der Waals surface area contributed by atoms with E-state index in [0.717, 1.165) is 37.7 Å². The number of pyridine rings is 1. The van der Waals surface area contributed by atoms with Gasteiger partial charge in [0.1, 0.15) is 6.61 Å². The van der Waals surface area contributed by atoms with Crippen molar-refractivity contribution in [2.75, 3.05) is 58.5 Å². The predicted molar refractivity (Wildman–Crippen MR) is 125 cm³/mol. The zero-order valence-electron chi connectivity index (χ0n) is 16.3. The average Bonchev–Trinajstić information content (AvgIpc) is 3.25. The number of hydrogen-bond donors (Lipinski definition) is 1. The standard InChI is InChI=1S/C19H27N5O2S.HI/c1-20-19(24-10-8-23(9-11-24)17-6-4-14-27-17)22-15-16-5-3-7-21-18(16)26-13-12-25-2;/h3-7,14H,8-13,15H2,1-2H3,(H,20,22);1H. The molecule has 1 N–H and O–H groups in total. The Hall–Kier alpha value is -1.59. The van der Waals surface area contributed by atoms with Crippen LogP contribution in [-0.2, 0) is 11.3 Å². The number of guanidine groups is 1. The Morgan fingerprint density at radius 3 is 2.71 bits per heavy atom. The van der Waals surface area contributed by atoms with Crippen LogP contribution in [0.5, 0.6) is 5.88 Å². The van der Waals surface area contributed by atoms with Crippen molar-refractivity contribution in [3.63, 3.8) is 0 Å². The number of ether oxygens (including phenoxy) is 2. The van der Waals surface area contributed by atoms with Gasteiger partial charge < -0.3 is 24.6 Å². The van der Waals surface area contributed by atoms with Gasteiger partial charge in [-0.05, 0) is 23.6 Å². The molecule has 7 nitrogen and oxygen atoms in total. The van der Waals surface area contributed by atoms with Crippen LogP contribution >= 0.6 is 35.3 Å². The molecule has 1 saturated heterocycles. The zero-order chi connectivity index (χ0) is 18.9. The largest absolute Gasteiger partial charge is 0.475 e. The second-order valence-corrected chi connectivity index (χ2v) is 7.06. The Kier molecular flexibility index (Phi) is 9.79. The lowest BCUT2D eigenvalue weighted by molar-refractivity contribution is 0.143. The van der Waals surface area contributed by atoms with Gasteiger partial charge in [0.25, 0.3) is 0 Å². The molecule has 9 heteroatoms. The summed E-state index contributed by atoms with van der Waals surface area (Å²) in [6.45, 7) is 5.54. The highest BCUT2D eigenvalue weighted by atomic mass is 127. The van der Waals surface area contributed by atoms with Gasteiger partial charge in [0.05, 0.1) is 11.6 Å². The number of piperazine rings is 1. The summed E-state index contributed by atoms with van der Waals surface area (Å²) in [6, 6.07) is 8.22. The van der Waals surface area contributed by atoms with Crippen LogP contribution in [0.4, 0.5) is 5.00 Å². The number of methoxy groups -OCH3 is 1. The van der Waals surface area contributed by atoms with Crippen molar-refractivity contribution in [1.29, 1.82) is 0 Å². The van der Waals surface area contributed by atoms with Gasteiger partial charge in [0.2, 0.25) is 5.88 Å². The van der Waals surface area contributed by atoms with Crippen LogP contribution in [0.25, 0.3) is 0 Å². The van der Waals surface area contributed by atoms with Gasteiger partial charge in [-0.15, -0.1) is 35.3 Å². The number of nitrogens with one attached hydrogen (secondary N) is 1. The molecule has 0 spiro atoms. The number of aromatic nitrogens is 1. The van der Waals surface area contributed by atoms with Gasteiger partial charge in [0, 0.05) is 58.6 Å². The van der Waals surface area contributed by atoms with Gasteiger partial charge in [0.15, 0.2) is 5.96 Å². The molecule has 3 heterocycles. The highest BCUT2D eigenvalue weighted by Gasteiger charge is 2.20. The molecule has 1 aliphatic rings. The van der Waals surface area contributed by atoms with Gasteiger partial charge in [-0.2, -0.15) is 0 Å². The third kappa shape index (κ3) is 6.21. The van der Waals surface area contributed by atoms with E-state index >= 15 is 0 Å². The number of halogens is 1. The SMILES string of the molecule is CN=C(NCc1cccnc1OCCOC)N1CCN(c2cccs2)CC1.I. The molecule has 0 bridgehead atoms. The highest BCUT2D eigenvalue weighted by molar-refractivity contribution is 14.0. The summed E-state index contributed by atoms with van der Waals surface area (Å²) in [5, 5.41) is 6.91. The first-order valence-corrected chi connectivity index (χ1v) is 9.99. The minimum absolute atomic E-state index is 0. The molecule has 0 aliphatic carbocycles. The van der Waals surface area contributed by atoms with Crippen LogP contribution in [0, 0.1) is 0 Å². The summed E-state index contributed by atoms with van der Waals surface area (Å²) in [5.74, 6) is 1.55. The molecular weight excluding hydrogens is 489 g/mol. The van der Waals surface area contributed by atoms with Gasteiger partial charge in [-0.1, -0.05) is 6.07 Å². The molecule has 28 heavy (non-hydrogen) atoms. The smallest absolute Gasteiger partial charge is 0.218 e. The lowest BCUT2D eigenvalue weighted by Crippen LogP contribution is -2.52. The number of thiophene rings is 1. The molecule has 0 amide bonds. The first-order chi connectivity index (χ1) is 13.3. The molecule has 0 aromatic carbocycles. The summed E-state index contributed by atoms with van der Waals surface area (Å²) < 4.78 is 10.7. The minimum atomic E-state index is 0. The quantitative estimate of drug-likeness (QED) is 0.264. The van der Waals surface area contributed by atoms with Crippen LogP contribution < -0.4 is 15.0 Å². The topological polar surface area (TPSA) is 62.2 Å². The lowest BCUT2D eigenvalue weighted by Gasteiger charge is -2.37. The first kappa shape index (κ1) is 22.7. The molecule has 1 aliphatic heterocycles. The maximum Gasteiger partial charge on any atom is 0.218 e. The van der Waals surface area contributed by atoms with E-state index in [1.54, 1.807) is 24.6 Å². The third-order valence-corrected chi connectivity index (χ3v) is 5.35. The molecule has 0 atom stereocenters. The van der Waals surface area contributed by atoms with Crippen LogP contribution in [0.3, 0.4) is 0 Å². The molecule has 2 aromatic heterocycles. The van der Waals surface area contributed by atoms with E-state index in [4.69, 9.17) is 9.47 Å². The lowest BCUT2D eigenvalue weighted by atomic mass is 10.2. The number of hydrogen-bond acceptors (Lipinski definition) is 6. The summed E-state index contributed by atoms with van der Waals surface area (Å²) >= 11 is 1.79. The van der Waals surface area contributed by atoms with E-state index in [-0.39, 0.29) is 24.0 Å². The number of nitrogens with zero attached hydrogens (tertiary/aromatic N) is 4. The molecule has 0 saturated carbocycles. The average molecular weight is 517 g/mol. The fraction of sp³-hybridized carbons (Fsp3) is 0.474. The van der Waals surface area contributed by atoms with E-state index < -0.39 is 0 Å². The van der Waals surface area contributed by atoms with E-state index in [2.05, 4.69) is 42.6 Å². The third-order valence-electron chi connectivity index (χ3n) is 4.42. The Morgan fingerprint density at radius 1 is 1.21 bits per heavy atom. The molecule has 0 radical (unpaired) electrons. The molecule has 3 rings (SSSR count). The predicted octanol–water partition coefficient (Wildman–Crippen LogP) is 2.68. The number of aliphatic imine (C=N–C) groups is 1. The molecular formula is C19H28IN5O2S. The van der Waals surface area contributed by atoms with Crippen molar-refractivity contribution < 1.29 is 9.47 Å². The van der Waals surface area contributed by atoms with Crippen LogP contribution in [-0.4, -0.2) is 69.4 Å². The number of rotatable bonds is 7. The summed E-state index contributed by atoms with van der Waals surface area (Å²) in [5.41, 5.74) is 1.01. The van der Waals surface area contributed by atoms with Gasteiger partial charge in [-0.25, -0.2) is 4.98 Å². The van der Waals surface area contributed by atoms with E-state index in [1.165, 1.54) is 5.00 Å². The summed E-state index contributed by atoms with van der Waals surface area (Å²) in [7, 11) is 3.49. The fourth-order valence-electron chi connectivity index (χ4n) is 3.01. The highest BCUT2D eigenvalue weighted by Crippen LogP contribution is 2.22. The molecule has 154 valence electrons. The summed E-state index contributed by atoms with van der Waals surface area (Å²) in [4.78, 5) is 13.5. The molecule has 2 aromatic rings. The van der Waals surface area contributed by atoms with Crippen LogP contribution in [0.1, 0.15) is 5.56 Å². The second kappa shape index (κ2) is 12.1. The van der Waals surface area contributed by atoms with E-state index in [1.807, 2.05) is 19.2 Å². The van der Waals surface area contributed by atoms with Crippen molar-refractivity contribution in [3.8, 4) is 5.88 Å². The Morgan fingerprint density at radius 2 is 2.04 bits per heavy atom. The summed E-state index contributed by atoms with van der Waals surface area (Å²) in [6.07, 6.45) is 1.74. The Bertz CT molecular complexity index is 721. The van der Waals surface area contributed by atoms with Gasteiger partial charge >= 0.3 is 0 Å². The van der Waals surface area contributed by atoms with Gasteiger partial charge in [-0.3, -0.25) is 4.99 Å². The van der Waals surface area contributed by atoms with E-state index in [9.17, 15) is 0 Å². The molecule has 0 unspecified atom stereocenters. The van der Waals surface area contributed by atoms with E-state index in [0.29, 0.717) is 25.6 Å². The Labute approximate surface area is 187 Å². The maximum absolute atomic E-state index is 5.71. The normalized spacial score (nSPS) is 14.6. The van der Waals surface area contributed by atoms with Crippen molar-refractivity contribution >= 4 is 46.3 Å². The second-order valence-electron chi connectivity index (χ2n) is 6.14. The van der Waals surface area contributed by atoms with Crippen molar-refractivity contribution in [2.45, 2.75) is 6.54 Å². The number of anilines is 1. The monoisotopic (exact) mass is 517 g/mol. The van der Waals surface area contributed by atoms with Crippen molar-refractivity contribution in [1.82, 2.24) is 15.2 Å².